The molecule has 0 aromatic carbocycles. The molecule has 0 atom stereocenters. The molecule has 1 N–H and O–H groups in total. The molecule has 4 heterocycles. The van der Waals surface area contributed by atoms with Gasteiger partial charge in [0.25, 0.3) is 5.91 Å². The number of ether oxygens (including phenoxy) is 1. The maximum absolute atomic E-state index is 13.1. The zero-order valence-corrected chi connectivity index (χ0v) is 24.2. The summed E-state index contributed by atoms with van der Waals surface area (Å²) in [6, 6.07) is 5.80. The van der Waals surface area contributed by atoms with Crippen LogP contribution >= 0.6 is 0 Å². The summed E-state index contributed by atoms with van der Waals surface area (Å²) in [4.78, 5) is 27.1. The average Bonchev–Trinajstić information content (AvgIpc) is 3.40. The number of amides is 1. The second-order valence-electron chi connectivity index (χ2n) is 10.6. The quantitative estimate of drug-likeness (QED) is 0.412. The lowest BCUT2D eigenvalue weighted by molar-refractivity contribution is 0.0975. The van der Waals surface area contributed by atoms with Gasteiger partial charge in [0.15, 0.2) is 5.65 Å². The molecule has 0 bridgehead atoms. The number of aromatic nitrogens is 4. The number of carbonyl (C=O) groups excluding carboxylic acids is 1. The Kier molecular flexibility index (Phi) is 8.64. The van der Waals surface area contributed by atoms with E-state index in [1.807, 2.05) is 16.8 Å². The van der Waals surface area contributed by atoms with Crippen LogP contribution in [-0.2, 0) is 14.9 Å². The first-order valence-corrected chi connectivity index (χ1v) is 15.3. The Balaban J connectivity index is 1.46. The van der Waals surface area contributed by atoms with Crippen molar-refractivity contribution in [2.45, 2.75) is 38.1 Å². The summed E-state index contributed by atoms with van der Waals surface area (Å²) < 4.78 is 34.9. The van der Waals surface area contributed by atoms with Gasteiger partial charge in [-0.25, -0.2) is 19.4 Å². The number of anilines is 1. The molecular weight excluding hydrogens is 532 g/mol. The van der Waals surface area contributed by atoms with Gasteiger partial charge >= 0.3 is 10.2 Å². The predicted octanol–water partition coefficient (Wildman–Crippen LogP) is 2.30. The summed E-state index contributed by atoms with van der Waals surface area (Å²) in [6.45, 7) is 5.32. The molecule has 0 spiro atoms. The van der Waals surface area contributed by atoms with Gasteiger partial charge in [0.2, 0.25) is 0 Å². The van der Waals surface area contributed by atoms with Gasteiger partial charge in [0, 0.05) is 71.1 Å². The molecule has 5 rings (SSSR count). The van der Waals surface area contributed by atoms with Crippen LogP contribution in [0.5, 0.6) is 0 Å². The van der Waals surface area contributed by atoms with E-state index >= 15 is 0 Å². The fraction of sp³-hybridized carbons (Fsp3) is 0.556. The maximum Gasteiger partial charge on any atom is 0.303 e. The first-order chi connectivity index (χ1) is 19.3. The molecule has 3 aromatic heterocycles. The third-order valence-corrected chi connectivity index (χ3v) is 9.19. The highest BCUT2D eigenvalue weighted by molar-refractivity contribution is 7.87. The molecule has 0 radical (unpaired) electrons. The van der Waals surface area contributed by atoms with Gasteiger partial charge in [-0.1, -0.05) is 19.3 Å². The smallest absolute Gasteiger partial charge is 0.303 e. The Morgan fingerprint density at radius 1 is 1.10 bits per heavy atom. The van der Waals surface area contributed by atoms with E-state index in [2.05, 4.69) is 24.6 Å². The van der Waals surface area contributed by atoms with E-state index in [4.69, 9.17) is 9.72 Å². The molecule has 1 saturated carbocycles. The number of pyridine rings is 2. The molecule has 1 amide bonds. The Morgan fingerprint density at radius 2 is 1.85 bits per heavy atom. The molecule has 2 aliphatic rings. The number of carbonyl (C=O) groups is 1. The highest BCUT2D eigenvalue weighted by Crippen LogP contribution is 2.34. The maximum atomic E-state index is 13.1. The molecule has 40 heavy (non-hydrogen) atoms. The monoisotopic (exact) mass is 570 g/mol. The van der Waals surface area contributed by atoms with Crippen molar-refractivity contribution in [3.05, 3.63) is 36.3 Å². The number of hydrogen-bond acceptors (Lipinski definition) is 9. The second-order valence-corrected chi connectivity index (χ2v) is 12.5. The number of piperazine rings is 1. The first-order valence-electron chi connectivity index (χ1n) is 13.8. The van der Waals surface area contributed by atoms with E-state index in [9.17, 15) is 13.2 Å². The minimum Gasteiger partial charge on any atom is -0.383 e. The van der Waals surface area contributed by atoms with Crippen molar-refractivity contribution in [1.29, 1.82) is 0 Å². The standard InChI is InChI=1S/C27H38N8O4S/c1-32(2)40(37,38)31-27(36)24-17-22(23-19-29-35(26(23)30-24)21-7-5-4-6-8-21)20-9-10-25(28-18-20)34-13-11-33(12-14-34)15-16-39-3/h9-10,17-19,21H,4-8,11-16H2,1-3H3,(H,31,36). The number of hydrogen-bond donors (Lipinski definition) is 1. The van der Waals surface area contributed by atoms with Crippen LogP contribution in [0.4, 0.5) is 5.82 Å². The number of nitrogens with zero attached hydrogens (tertiary/aromatic N) is 7. The van der Waals surface area contributed by atoms with Crippen LogP contribution in [0.15, 0.2) is 30.6 Å². The van der Waals surface area contributed by atoms with Gasteiger partial charge in [-0.3, -0.25) is 9.69 Å². The van der Waals surface area contributed by atoms with Crippen LogP contribution in [0, 0.1) is 0 Å². The van der Waals surface area contributed by atoms with Crippen molar-refractivity contribution >= 4 is 33.0 Å². The summed E-state index contributed by atoms with van der Waals surface area (Å²) in [5.74, 6) is 0.109. The Hall–Kier alpha value is -3.13. The zero-order chi connectivity index (χ0) is 28.3. The summed E-state index contributed by atoms with van der Waals surface area (Å²) in [7, 11) is 0.472. The van der Waals surface area contributed by atoms with Crippen LogP contribution in [0.2, 0.25) is 0 Å². The Bertz CT molecular complexity index is 1430. The highest BCUT2D eigenvalue weighted by atomic mass is 32.2. The van der Waals surface area contributed by atoms with Gasteiger partial charge in [-0.05, 0) is 36.6 Å². The van der Waals surface area contributed by atoms with Gasteiger partial charge in [-0.2, -0.15) is 17.8 Å². The molecule has 1 aliphatic carbocycles. The van der Waals surface area contributed by atoms with E-state index in [0.717, 1.165) is 91.7 Å². The lowest BCUT2D eigenvalue weighted by Crippen LogP contribution is -2.47. The molecule has 0 unspecified atom stereocenters. The van der Waals surface area contributed by atoms with Crippen LogP contribution < -0.4 is 9.62 Å². The molecule has 1 saturated heterocycles. The molecule has 2 fully saturated rings. The van der Waals surface area contributed by atoms with Crippen LogP contribution in [-0.4, -0.2) is 104 Å². The second kappa shape index (κ2) is 12.2. The molecule has 1 aliphatic heterocycles. The largest absolute Gasteiger partial charge is 0.383 e. The van der Waals surface area contributed by atoms with E-state index in [1.54, 1.807) is 25.6 Å². The van der Waals surface area contributed by atoms with Crippen molar-refractivity contribution < 1.29 is 17.9 Å². The Labute approximate surface area is 235 Å². The molecule has 13 heteroatoms. The van der Waals surface area contributed by atoms with Gasteiger partial charge < -0.3 is 9.64 Å². The van der Waals surface area contributed by atoms with Gasteiger partial charge in [0.05, 0.1) is 18.8 Å². The first kappa shape index (κ1) is 28.4. The number of fused-ring (bicyclic) bond motifs is 1. The van der Waals surface area contributed by atoms with Crippen molar-refractivity contribution in [3.63, 3.8) is 0 Å². The lowest BCUT2D eigenvalue weighted by Gasteiger charge is -2.35. The van der Waals surface area contributed by atoms with Crippen molar-refractivity contribution in [2.75, 3.05) is 65.4 Å². The molecule has 216 valence electrons. The van der Waals surface area contributed by atoms with Crippen LogP contribution in [0.3, 0.4) is 0 Å². The predicted molar refractivity (Wildman–Crippen MR) is 153 cm³/mol. The van der Waals surface area contributed by atoms with Crippen molar-refractivity contribution in [1.82, 2.24) is 33.7 Å². The minimum atomic E-state index is -3.98. The summed E-state index contributed by atoms with van der Waals surface area (Å²) in [6.07, 6.45) is 9.01. The summed E-state index contributed by atoms with van der Waals surface area (Å²) >= 11 is 0. The average molecular weight is 571 g/mol. The van der Waals surface area contributed by atoms with Gasteiger partial charge in [0.1, 0.15) is 11.5 Å². The number of nitrogens with one attached hydrogen (secondary N) is 1. The normalized spacial score (nSPS) is 17.6. The third kappa shape index (κ3) is 6.12. The van der Waals surface area contributed by atoms with Gasteiger partial charge in [-0.15, -0.1) is 0 Å². The minimum absolute atomic E-state index is 0.0155. The van der Waals surface area contributed by atoms with Crippen molar-refractivity contribution in [3.8, 4) is 11.1 Å². The highest BCUT2D eigenvalue weighted by Gasteiger charge is 2.25. The SMILES string of the molecule is COCCN1CCN(c2ccc(-c3cc(C(=O)NS(=O)(=O)N(C)C)nc4c3cnn4C3CCCCC3)cn2)CC1. The van der Waals surface area contributed by atoms with E-state index in [-0.39, 0.29) is 11.7 Å². The summed E-state index contributed by atoms with van der Waals surface area (Å²) in [5.41, 5.74) is 2.14. The number of rotatable bonds is 9. The molecule has 3 aromatic rings. The van der Waals surface area contributed by atoms with E-state index in [1.165, 1.54) is 20.5 Å². The van der Waals surface area contributed by atoms with E-state index in [0.29, 0.717) is 5.65 Å². The third-order valence-electron chi connectivity index (χ3n) is 7.79. The lowest BCUT2D eigenvalue weighted by atomic mass is 9.95. The summed E-state index contributed by atoms with van der Waals surface area (Å²) in [5, 5.41) is 5.49. The molecule has 12 nitrogen and oxygen atoms in total. The molecular formula is C27H38N8O4S. The van der Waals surface area contributed by atoms with Crippen molar-refractivity contribution in [2.24, 2.45) is 0 Å². The topological polar surface area (TPSA) is 126 Å². The van der Waals surface area contributed by atoms with Crippen LogP contribution in [0.1, 0.15) is 48.6 Å². The van der Waals surface area contributed by atoms with E-state index < -0.39 is 16.1 Å². The fourth-order valence-electron chi connectivity index (χ4n) is 5.38. The van der Waals surface area contributed by atoms with Crippen LogP contribution in [0.25, 0.3) is 22.2 Å². The number of methoxy groups -OCH3 is 1. The zero-order valence-electron chi connectivity index (χ0n) is 23.4. The Morgan fingerprint density at radius 3 is 2.50 bits per heavy atom. The fourth-order valence-corrected chi connectivity index (χ4v) is 5.90.